The number of ether oxygens (including phenoxy) is 2. The lowest BCUT2D eigenvalue weighted by atomic mass is 9.97. The Bertz CT molecular complexity index is 1380. The number of nitrogens with one attached hydrogen (secondary N) is 2. The molecule has 1 aromatic carbocycles. The Morgan fingerprint density at radius 1 is 1.06 bits per heavy atom. The van der Waals surface area contributed by atoms with E-state index in [1.807, 2.05) is 45.9 Å². The highest BCUT2D eigenvalue weighted by molar-refractivity contribution is 5.78. The van der Waals surface area contributed by atoms with Crippen LogP contribution < -0.4 is 21.1 Å². The average Bonchev–Trinajstić information content (AvgIpc) is 2.98. The molecule has 47 heavy (non-hydrogen) atoms. The van der Waals surface area contributed by atoms with Crippen LogP contribution in [0.25, 0.3) is 0 Å². The van der Waals surface area contributed by atoms with Gasteiger partial charge < -0.3 is 30.9 Å². The Labute approximate surface area is 278 Å². The van der Waals surface area contributed by atoms with Crippen LogP contribution in [0, 0.1) is 11.3 Å². The first-order valence-corrected chi connectivity index (χ1v) is 16.5. The van der Waals surface area contributed by atoms with Gasteiger partial charge in [0.15, 0.2) is 0 Å². The van der Waals surface area contributed by atoms with E-state index < -0.39 is 17.6 Å². The number of benzene rings is 1. The third-order valence-corrected chi connectivity index (χ3v) is 7.47. The van der Waals surface area contributed by atoms with Gasteiger partial charge in [0.25, 0.3) is 0 Å². The molecule has 0 unspecified atom stereocenters. The van der Waals surface area contributed by atoms with Gasteiger partial charge in [0.1, 0.15) is 17.2 Å². The van der Waals surface area contributed by atoms with E-state index in [1.165, 1.54) is 0 Å². The van der Waals surface area contributed by atoms with Crippen molar-refractivity contribution in [3.05, 3.63) is 40.6 Å². The van der Waals surface area contributed by atoms with Gasteiger partial charge in [-0.2, -0.15) is 10.2 Å². The molecule has 0 fully saturated rings. The van der Waals surface area contributed by atoms with Crippen LogP contribution in [0.2, 0.25) is 0 Å². The van der Waals surface area contributed by atoms with Crippen molar-refractivity contribution < 1.29 is 29.0 Å². The molecule has 1 amide bonds. The van der Waals surface area contributed by atoms with Crippen LogP contribution >= 0.6 is 0 Å². The molecule has 1 heterocycles. The number of nitrogens with two attached hydrogens (primary N) is 1. The minimum Gasteiger partial charge on any atom is -0.496 e. The van der Waals surface area contributed by atoms with Crippen molar-refractivity contribution in [2.24, 2.45) is 0 Å². The number of carbonyl (C=O) groups excluding carboxylic acids is 2. The van der Waals surface area contributed by atoms with Gasteiger partial charge in [-0.15, -0.1) is 0 Å². The van der Waals surface area contributed by atoms with E-state index in [2.05, 4.69) is 33.6 Å². The molecular weight excluding hydrogens is 600 g/mol. The van der Waals surface area contributed by atoms with Gasteiger partial charge in [-0.1, -0.05) is 51.7 Å². The average molecular weight is 653 g/mol. The number of aromatic nitrogens is 2. The number of aryl methyl sites for hydroxylation is 1. The first kappa shape index (κ1) is 38.8. The predicted octanol–water partition coefficient (Wildman–Crippen LogP) is 5.51. The Morgan fingerprint density at radius 2 is 1.74 bits per heavy atom. The second kappa shape index (κ2) is 19.3. The summed E-state index contributed by atoms with van der Waals surface area (Å²) < 4.78 is 11.3. The highest BCUT2D eigenvalue weighted by Crippen LogP contribution is 2.30. The van der Waals surface area contributed by atoms with Crippen molar-refractivity contribution in [1.29, 1.82) is 5.26 Å². The summed E-state index contributed by atoms with van der Waals surface area (Å²) in [5.74, 6) is -0.528. The number of hydrogen-bond acceptors (Lipinski definition) is 10. The number of nitriles is 1. The summed E-state index contributed by atoms with van der Waals surface area (Å²) in [5, 5.41) is 25.0. The number of nitrogens with zero attached hydrogens (tertiary/aromatic N) is 3. The van der Waals surface area contributed by atoms with Gasteiger partial charge in [0.05, 0.1) is 38.1 Å². The lowest BCUT2D eigenvalue weighted by molar-refractivity contribution is -0.155. The second-order valence-electron chi connectivity index (χ2n) is 12.8. The molecule has 12 heteroatoms. The zero-order chi connectivity index (χ0) is 35.0. The standard InChI is InChI=1S/C35H52N6O6/c1-7-9-11-25(21-31(43)44)38-30(42)16-14-28-27(20-24-19-23(17-18-36)13-15-29(24)46-6)33(41-34(37)40-28)39-26(12-10-8-2)22-32(45)47-35(3,4)5/h13,15,19,25-26H,7-12,14,16-17,20-22H2,1-6H3,(H,38,42)(H,43,44)(H3,37,39,40,41)/t25-,26-/m0/s1. The number of amides is 1. The van der Waals surface area contributed by atoms with Crippen molar-refractivity contribution in [1.82, 2.24) is 15.3 Å². The summed E-state index contributed by atoms with van der Waals surface area (Å²) in [6.07, 6.45) is 5.47. The summed E-state index contributed by atoms with van der Waals surface area (Å²) in [7, 11) is 1.57. The Balaban J connectivity index is 2.52. The molecule has 0 spiro atoms. The normalized spacial score (nSPS) is 12.4. The summed E-state index contributed by atoms with van der Waals surface area (Å²) in [5.41, 5.74) is 8.42. The quantitative estimate of drug-likeness (QED) is 0.132. The maximum Gasteiger partial charge on any atom is 0.308 e. The third kappa shape index (κ3) is 14.3. The number of rotatable bonds is 20. The van der Waals surface area contributed by atoms with Gasteiger partial charge in [0, 0.05) is 30.5 Å². The zero-order valence-electron chi connectivity index (χ0n) is 28.8. The molecule has 0 aliphatic carbocycles. The summed E-state index contributed by atoms with van der Waals surface area (Å²) in [6.45, 7) is 9.56. The number of nitrogen functional groups attached to an aromatic ring is 1. The highest BCUT2D eigenvalue weighted by atomic mass is 16.6. The van der Waals surface area contributed by atoms with E-state index in [0.717, 1.165) is 36.8 Å². The van der Waals surface area contributed by atoms with Crippen molar-refractivity contribution in [2.75, 3.05) is 18.2 Å². The number of methoxy groups -OCH3 is 1. The number of carbonyl (C=O) groups is 3. The van der Waals surface area contributed by atoms with Gasteiger partial charge in [-0.3, -0.25) is 14.4 Å². The van der Waals surface area contributed by atoms with Crippen molar-refractivity contribution in [3.8, 4) is 11.8 Å². The van der Waals surface area contributed by atoms with E-state index in [0.29, 0.717) is 42.1 Å². The fourth-order valence-corrected chi connectivity index (χ4v) is 5.29. The molecule has 0 aliphatic rings. The molecule has 5 N–H and O–H groups in total. The van der Waals surface area contributed by atoms with E-state index >= 15 is 0 Å². The molecule has 0 bridgehead atoms. The number of anilines is 2. The number of carboxylic acid groups (broad SMARTS) is 1. The van der Waals surface area contributed by atoms with Crippen LogP contribution in [0.1, 0.15) is 115 Å². The van der Waals surface area contributed by atoms with Gasteiger partial charge >= 0.3 is 11.9 Å². The SMILES string of the molecule is CCCC[C@@H](CC(=O)O)NC(=O)CCc1nc(N)nc(N[C@@H](CCCC)CC(=O)OC(C)(C)C)c1Cc1cc(CC#N)ccc1OC. The van der Waals surface area contributed by atoms with Crippen LogP contribution in [-0.4, -0.2) is 57.7 Å². The molecule has 258 valence electrons. The largest absolute Gasteiger partial charge is 0.496 e. The molecule has 0 saturated carbocycles. The molecule has 0 saturated heterocycles. The first-order chi connectivity index (χ1) is 22.3. The summed E-state index contributed by atoms with van der Waals surface area (Å²) >= 11 is 0. The fraction of sp³-hybridized carbons (Fsp3) is 0.600. The lowest BCUT2D eigenvalue weighted by Crippen LogP contribution is -2.36. The third-order valence-electron chi connectivity index (χ3n) is 7.47. The number of esters is 1. The number of unbranched alkanes of at least 4 members (excludes halogenated alkanes) is 2. The monoisotopic (exact) mass is 652 g/mol. The molecule has 12 nitrogen and oxygen atoms in total. The van der Waals surface area contributed by atoms with Gasteiger partial charge in [-0.25, -0.2) is 4.98 Å². The van der Waals surface area contributed by atoms with Gasteiger partial charge in [-0.05, 0) is 57.2 Å². The van der Waals surface area contributed by atoms with Crippen LogP contribution in [-0.2, 0) is 38.4 Å². The minimum atomic E-state index is -0.968. The smallest absolute Gasteiger partial charge is 0.308 e. The predicted molar refractivity (Wildman–Crippen MR) is 181 cm³/mol. The summed E-state index contributed by atoms with van der Waals surface area (Å²) in [4.78, 5) is 46.4. The zero-order valence-corrected chi connectivity index (χ0v) is 28.8. The van der Waals surface area contributed by atoms with Crippen LogP contribution in [0.15, 0.2) is 18.2 Å². The minimum absolute atomic E-state index is 0.00932. The maximum absolute atomic E-state index is 13.1. The Morgan fingerprint density at radius 3 is 2.34 bits per heavy atom. The number of aliphatic carboxylic acids is 1. The topological polar surface area (TPSA) is 190 Å². The number of hydrogen-bond donors (Lipinski definition) is 4. The van der Waals surface area contributed by atoms with E-state index in [1.54, 1.807) is 7.11 Å². The van der Waals surface area contributed by atoms with E-state index in [-0.39, 0.29) is 56.0 Å². The first-order valence-electron chi connectivity index (χ1n) is 16.5. The van der Waals surface area contributed by atoms with Crippen LogP contribution in [0.5, 0.6) is 5.75 Å². The van der Waals surface area contributed by atoms with E-state index in [4.69, 9.17) is 15.2 Å². The van der Waals surface area contributed by atoms with Crippen LogP contribution in [0.3, 0.4) is 0 Å². The molecule has 0 radical (unpaired) electrons. The lowest BCUT2D eigenvalue weighted by Gasteiger charge is -2.25. The molecule has 2 atom stereocenters. The number of carboxylic acids is 1. The van der Waals surface area contributed by atoms with E-state index in [9.17, 15) is 24.8 Å². The molecule has 2 rings (SSSR count). The maximum atomic E-state index is 13.1. The molecule has 2 aromatic rings. The summed E-state index contributed by atoms with van der Waals surface area (Å²) in [6, 6.07) is 6.95. The Kier molecular flexibility index (Phi) is 15.9. The fourth-order valence-electron chi connectivity index (χ4n) is 5.29. The van der Waals surface area contributed by atoms with Crippen LogP contribution in [0.4, 0.5) is 11.8 Å². The highest BCUT2D eigenvalue weighted by Gasteiger charge is 2.24. The molecule has 0 aliphatic heterocycles. The van der Waals surface area contributed by atoms with Crippen molar-refractivity contribution in [2.45, 2.75) is 129 Å². The Hall–Kier alpha value is -4.40. The van der Waals surface area contributed by atoms with Crippen molar-refractivity contribution >= 4 is 29.6 Å². The van der Waals surface area contributed by atoms with Crippen molar-refractivity contribution in [3.63, 3.8) is 0 Å². The second-order valence-corrected chi connectivity index (χ2v) is 12.8. The molecular formula is C35H52N6O6. The molecule has 1 aromatic heterocycles. The van der Waals surface area contributed by atoms with Gasteiger partial charge in [0.2, 0.25) is 11.9 Å².